The molecule has 7 heteroatoms. The van der Waals surface area contributed by atoms with E-state index < -0.39 is 0 Å². The van der Waals surface area contributed by atoms with Crippen molar-refractivity contribution in [2.45, 2.75) is 33.7 Å². The van der Waals surface area contributed by atoms with Crippen LogP contribution in [0.3, 0.4) is 0 Å². The topological polar surface area (TPSA) is 72.9 Å². The van der Waals surface area contributed by atoms with E-state index in [0.717, 1.165) is 48.3 Å². The molecule has 3 aromatic rings. The van der Waals surface area contributed by atoms with Crippen LogP contribution in [0.5, 0.6) is 0 Å². The average Bonchev–Trinajstić information content (AvgIpc) is 3.05. The number of hydrogen-bond acceptors (Lipinski definition) is 5. The number of fused-ring (bicyclic) bond motifs is 1. The van der Waals surface area contributed by atoms with Crippen molar-refractivity contribution in [3.63, 3.8) is 0 Å². The molecule has 3 aromatic heterocycles. The van der Waals surface area contributed by atoms with Crippen molar-refractivity contribution in [1.29, 1.82) is 0 Å². The Labute approximate surface area is 123 Å². The maximum absolute atomic E-state index is 4.53. The van der Waals surface area contributed by atoms with Crippen LogP contribution in [0.25, 0.3) is 5.65 Å². The summed E-state index contributed by atoms with van der Waals surface area (Å²) in [4.78, 5) is 8.83. The fraction of sp³-hybridized carbons (Fsp3) is 0.429. The molecule has 0 radical (unpaired) electrons. The Bertz CT molecular complexity index is 756. The van der Waals surface area contributed by atoms with Gasteiger partial charge in [0.25, 0.3) is 0 Å². The largest absolute Gasteiger partial charge is 0.368 e. The highest BCUT2D eigenvalue weighted by molar-refractivity contribution is 5.49. The van der Waals surface area contributed by atoms with Gasteiger partial charge in [0, 0.05) is 24.4 Å². The van der Waals surface area contributed by atoms with Crippen LogP contribution in [0.2, 0.25) is 0 Å². The van der Waals surface area contributed by atoms with Crippen LogP contribution in [-0.2, 0) is 13.0 Å². The number of nitrogens with one attached hydrogen (secondary N) is 1. The Balaban J connectivity index is 1.75. The second-order valence-electron chi connectivity index (χ2n) is 4.94. The number of anilines is 1. The standard InChI is InChI=1S/C14H19N7/c1-4-12-9-14(21-13(18-12)5-6-16-21)15-7-8-20-11(3)17-10(2)19-20/h5-6,9,15H,4,7-8H2,1-3H3. The van der Waals surface area contributed by atoms with Crippen molar-refractivity contribution in [3.05, 3.63) is 35.7 Å². The third-order valence-electron chi connectivity index (χ3n) is 3.37. The second-order valence-corrected chi connectivity index (χ2v) is 4.94. The summed E-state index contributed by atoms with van der Waals surface area (Å²) < 4.78 is 3.73. The summed E-state index contributed by atoms with van der Waals surface area (Å²) in [7, 11) is 0. The van der Waals surface area contributed by atoms with Crippen molar-refractivity contribution < 1.29 is 0 Å². The number of rotatable bonds is 5. The third kappa shape index (κ3) is 2.72. The normalized spacial score (nSPS) is 11.2. The zero-order chi connectivity index (χ0) is 14.8. The van der Waals surface area contributed by atoms with Crippen LogP contribution >= 0.6 is 0 Å². The summed E-state index contributed by atoms with van der Waals surface area (Å²) in [6.45, 7) is 7.49. The van der Waals surface area contributed by atoms with Gasteiger partial charge in [0.15, 0.2) is 5.65 Å². The maximum Gasteiger partial charge on any atom is 0.157 e. The molecule has 21 heavy (non-hydrogen) atoms. The Morgan fingerprint density at radius 1 is 1.24 bits per heavy atom. The van der Waals surface area contributed by atoms with Gasteiger partial charge in [-0.3, -0.25) is 0 Å². The first kappa shape index (κ1) is 13.5. The lowest BCUT2D eigenvalue weighted by molar-refractivity contribution is 0.611. The molecule has 3 rings (SSSR count). The lowest BCUT2D eigenvalue weighted by Gasteiger charge is -2.10. The van der Waals surface area contributed by atoms with E-state index in [1.54, 1.807) is 6.20 Å². The van der Waals surface area contributed by atoms with Crippen molar-refractivity contribution in [1.82, 2.24) is 29.4 Å². The molecule has 0 aromatic carbocycles. The van der Waals surface area contributed by atoms with Gasteiger partial charge in [-0.1, -0.05) is 6.92 Å². The van der Waals surface area contributed by atoms with Crippen LogP contribution in [0.15, 0.2) is 18.3 Å². The summed E-state index contributed by atoms with van der Waals surface area (Å²) in [6, 6.07) is 3.95. The number of nitrogens with zero attached hydrogens (tertiary/aromatic N) is 6. The maximum atomic E-state index is 4.53. The summed E-state index contributed by atoms with van der Waals surface area (Å²) in [5.74, 6) is 2.69. The summed E-state index contributed by atoms with van der Waals surface area (Å²) in [6.07, 6.45) is 2.66. The minimum absolute atomic E-state index is 0.756. The quantitative estimate of drug-likeness (QED) is 0.771. The molecule has 0 amide bonds. The van der Waals surface area contributed by atoms with Gasteiger partial charge < -0.3 is 5.32 Å². The molecule has 0 saturated heterocycles. The molecule has 3 heterocycles. The first-order valence-corrected chi connectivity index (χ1v) is 7.13. The molecule has 0 aliphatic carbocycles. The van der Waals surface area contributed by atoms with E-state index in [1.165, 1.54) is 0 Å². The van der Waals surface area contributed by atoms with E-state index in [4.69, 9.17) is 0 Å². The molecule has 1 N–H and O–H groups in total. The van der Waals surface area contributed by atoms with Gasteiger partial charge in [0.1, 0.15) is 17.5 Å². The molecular formula is C14H19N7. The van der Waals surface area contributed by atoms with Crippen LogP contribution in [0.1, 0.15) is 24.3 Å². The van der Waals surface area contributed by atoms with Crippen molar-refractivity contribution in [2.24, 2.45) is 0 Å². The SMILES string of the molecule is CCc1cc(NCCn2nc(C)nc2C)n2nccc2n1. The number of hydrogen-bond donors (Lipinski definition) is 1. The van der Waals surface area contributed by atoms with E-state index in [-0.39, 0.29) is 0 Å². The van der Waals surface area contributed by atoms with E-state index >= 15 is 0 Å². The zero-order valence-corrected chi connectivity index (χ0v) is 12.5. The smallest absolute Gasteiger partial charge is 0.157 e. The average molecular weight is 285 g/mol. The van der Waals surface area contributed by atoms with Gasteiger partial charge in [-0.05, 0) is 20.3 Å². The Morgan fingerprint density at radius 2 is 2.10 bits per heavy atom. The molecule has 0 bridgehead atoms. The van der Waals surface area contributed by atoms with Crippen molar-refractivity contribution >= 4 is 11.5 Å². The Kier molecular flexibility index (Phi) is 3.55. The van der Waals surface area contributed by atoms with Crippen molar-refractivity contribution in [2.75, 3.05) is 11.9 Å². The Morgan fingerprint density at radius 3 is 2.81 bits per heavy atom. The van der Waals surface area contributed by atoms with Crippen LogP contribution < -0.4 is 5.32 Å². The van der Waals surface area contributed by atoms with Gasteiger partial charge in [0.05, 0.1) is 12.7 Å². The highest BCUT2D eigenvalue weighted by Gasteiger charge is 2.06. The van der Waals surface area contributed by atoms with Crippen molar-refractivity contribution in [3.8, 4) is 0 Å². The summed E-state index contributed by atoms with van der Waals surface area (Å²) in [5, 5.41) is 12.1. The fourth-order valence-electron chi connectivity index (χ4n) is 2.34. The molecule has 0 fully saturated rings. The highest BCUT2D eigenvalue weighted by Crippen LogP contribution is 2.12. The molecule has 0 atom stereocenters. The summed E-state index contributed by atoms with van der Waals surface area (Å²) in [5.41, 5.74) is 1.92. The predicted octanol–water partition coefficient (Wildman–Crippen LogP) is 1.61. The van der Waals surface area contributed by atoms with Gasteiger partial charge >= 0.3 is 0 Å². The minimum Gasteiger partial charge on any atom is -0.368 e. The van der Waals surface area contributed by atoms with Crippen LogP contribution in [-0.4, -0.2) is 35.9 Å². The Hall–Kier alpha value is -2.44. The zero-order valence-electron chi connectivity index (χ0n) is 12.5. The molecule has 7 nitrogen and oxygen atoms in total. The molecule has 0 unspecified atom stereocenters. The molecule has 0 aliphatic rings. The lowest BCUT2D eigenvalue weighted by atomic mass is 10.3. The van der Waals surface area contributed by atoms with Gasteiger partial charge in [-0.2, -0.15) is 14.7 Å². The predicted molar refractivity (Wildman–Crippen MR) is 80.4 cm³/mol. The molecule has 0 aliphatic heterocycles. The number of aryl methyl sites for hydroxylation is 3. The third-order valence-corrected chi connectivity index (χ3v) is 3.37. The van der Waals surface area contributed by atoms with Crippen LogP contribution in [0, 0.1) is 13.8 Å². The highest BCUT2D eigenvalue weighted by atomic mass is 15.4. The summed E-state index contributed by atoms with van der Waals surface area (Å²) >= 11 is 0. The number of aromatic nitrogens is 6. The van der Waals surface area contributed by atoms with Gasteiger partial charge in [-0.25, -0.2) is 14.6 Å². The molecule has 110 valence electrons. The van der Waals surface area contributed by atoms with Gasteiger partial charge in [0.2, 0.25) is 0 Å². The lowest BCUT2D eigenvalue weighted by Crippen LogP contribution is -2.15. The van der Waals surface area contributed by atoms with E-state index in [9.17, 15) is 0 Å². The second kappa shape index (κ2) is 5.51. The molecular weight excluding hydrogens is 266 g/mol. The fourth-order valence-corrected chi connectivity index (χ4v) is 2.34. The van der Waals surface area contributed by atoms with E-state index in [2.05, 4.69) is 32.4 Å². The first-order valence-electron chi connectivity index (χ1n) is 7.13. The minimum atomic E-state index is 0.756. The molecule has 0 saturated carbocycles. The van der Waals surface area contributed by atoms with E-state index in [0.29, 0.717) is 0 Å². The monoisotopic (exact) mass is 285 g/mol. The van der Waals surface area contributed by atoms with Crippen LogP contribution in [0.4, 0.5) is 5.82 Å². The van der Waals surface area contributed by atoms with E-state index in [1.807, 2.05) is 35.2 Å². The van der Waals surface area contributed by atoms with Gasteiger partial charge in [-0.15, -0.1) is 0 Å². The molecule has 0 spiro atoms. The first-order chi connectivity index (χ1) is 10.2.